The Morgan fingerprint density at radius 1 is 1.00 bits per heavy atom. The van der Waals surface area contributed by atoms with Crippen molar-refractivity contribution in [1.82, 2.24) is 10.2 Å². The lowest BCUT2D eigenvalue weighted by molar-refractivity contribution is -0.134. The third kappa shape index (κ3) is 6.42. The molecule has 1 unspecified atom stereocenters. The van der Waals surface area contributed by atoms with Crippen LogP contribution in [0.1, 0.15) is 30.9 Å². The molecule has 0 aliphatic carbocycles. The van der Waals surface area contributed by atoms with E-state index in [0.717, 1.165) is 12.0 Å². The van der Waals surface area contributed by atoms with Crippen LogP contribution in [0.15, 0.2) is 60.7 Å². The monoisotopic (exact) mass is 338 g/mol. The normalized spacial score (nSPS) is 11.6. The van der Waals surface area contributed by atoms with Gasteiger partial charge in [0, 0.05) is 20.0 Å². The SMILES string of the molecule is CC(=O)N(CCc1ccccc1)CC(=O)NCC(C)c1ccccc1. The van der Waals surface area contributed by atoms with E-state index in [0.29, 0.717) is 13.1 Å². The van der Waals surface area contributed by atoms with Gasteiger partial charge in [0.1, 0.15) is 0 Å². The Balaban J connectivity index is 1.80. The van der Waals surface area contributed by atoms with Crippen molar-refractivity contribution in [2.24, 2.45) is 0 Å². The van der Waals surface area contributed by atoms with Crippen LogP contribution in [-0.4, -0.2) is 36.3 Å². The highest BCUT2D eigenvalue weighted by molar-refractivity contribution is 5.83. The summed E-state index contributed by atoms with van der Waals surface area (Å²) in [5, 5.41) is 2.93. The Labute approximate surface area is 149 Å². The minimum atomic E-state index is -0.119. The number of benzene rings is 2. The summed E-state index contributed by atoms with van der Waals surface area (Å²) in [7, 11) is 0. The molecule has 4 heteroatoms. The molecule has 2 amide bonds. The van der Waals surface area contributed by atoms with E-state index in [4.69, 9.17) is 0 Å². The van der Waals surface area contributed by atoms with E-state index in [1.807, 2.05) is 48.5 Å². The highest BCUT2D eigenvalue weighted by atomic mass is 16.2. The van der Waals surface area contributed by atoms with Crippen molar-refractivity contribution in [3.63, 3.8) is 0 Å². The molecular weight excluding hydrogens is 312 g/mol. The molecular formula is C21H26N2O2. The molecule has 0 aliphatic rings. The van der Waals surface area contributed by atoms with Gasteiger partial charge in [0.05, 0.1) is 6.54 Å². The largest absolute Gasteiger partial charge is 0.354 e. The molecule has 1 N–H and O–H groups in total. The van der Waals surface area contributed by atoms with Crippen molar-refractivity contribution in [3.8, 4) is 0 Å². The number of nitrogens with one attached hydrogen (secondary N) is 1. The first-order chi connectivity index (χ1) is 12.1. The van der Waals surface area contributed by atoms with Crippen LogP contribution >= 0.6 is 0 Å². The molecule has 2 aromatic rings. The number of hydrogen-bond acceptors (Lipinski definition) is 2. The Morgan fingerprint density at radius 3 is 2.20 bits per heavy atom. The molecule has 25 heavy (non-hydrogen) atoms. The fourth-order valence-corrected chi connectivity index (χ4v) is 2.65. The number of rotatable bonds is 8. The van der Waals surface area contributed by atoms with Crippen LogP contribution in [0.4, 0.5) is 0 Å². The van der Waals surface area contributed by atoms with E-state index in [1.54, 1.807) is 4.90 Å². The number of amides is 2. The maximum absolute atomic E-state index is 12.2. The van der Waals surface area contributed by atoms with Crippen LogP contribution in [0.25, 0.3) is 0 Å². The second-order valence-corrected chi connectivity index (χ2v) is 6.29. The molecule has 132 valence electrons. The standard InChI is InChI=1S/C21H26N2O2/c1-17(20-11-7-4-8-12-20)15-22-21(25)16-23(18(2)24)14-13-19-9-5-3-6-10-19/h3-12,17H,13-16H2,1-2H3,(H,22,25). The van der Waals surface area contributed by atoms with E-state index in [1.165, 1.54) is 12.5 Å². The highest BCUT2D eigenvalue weighted by Crippen LogP contribution is 2.12. The molecule has 0 saturated carbocycles. The minimum absolute atomic E-state index is 0.0813. The van der Waals surface area contributed by atoms with Gasteiger partial charge in [-0.3, -0.25) is 9.59 Å². The van der Waals surface area contributed by atoms with E-state index in [2.05, 4.69) is 24.4 Å². The Kier molecular flexibility index (Phi) is 7.20. The van der Waals surface area contributed by atoms with Gasteiger partial charge < -0.3 is 10.2 Å². The lowest BCUT2D eigenvalue weighted by Gasteiger charge is -2.21. The van der Waals surface area contributed by atoms with Crippen LogP contribution in [0.5, 0.6) is 0 Å². The molecule has 0 aromatic heterocycles. The molecule has 0 saturated heterocycles. The predicted molar refractivity (Wildman–Crippen MR) is 100 cm³/mol. The van der Waals surface area contributed by atoms with Crippen molar-refractivity contribution in [1.29, 1.82) is 0 Å². The first-order valence-electron chi connectivity index (χ1n) is 8.67. The van der Waals surface area contributed by atoms with Crippen LogP contribution in [0.3, 0.4) is 0 Å². The third-order valence-electron chi connectivity index (χ3n) is 4.27. The summed E-state index contributed by atoms with van der Waals surface area (Å²) in [5.74, 6) is 0.0356. The van der Waals surface area contributed by atoms with Crippen molar-refractivity contribution >= 4 is 11.8 Å². The smallest absolute Gasteiger partial charge is 0.239 e. The zero-order valence-electron chi connectivity index (χ0n) is 14.9. The van der Waals surface area contributed by atoms with E-state index < -0.39 is 0 Å². The summed E-state index contributed by atoms with van der Waals surface area (Å²) in [6, 6.07) is 20.1. The van der Waals surface area contributed by atoms with Crippen LogP contribution in [-0.2, 0) is 16.0 Å². The van der Waals surface area contributed by atoms with Gasteiger partial charge in [-0.2, -0.15) is 0 Å². The lowest BCUT2D eigenvalue weighted by atomic mass is 10.0. The van der Waals surface area contributed by atoms with E-state index >= 15 is 0 Å². The molecule has 2 aromatic carbocycles. The molecule has 0 radical (unpaired) electrons. The first kappa shape index (κ1) is 18.7. The van der Waals surface area contributed by atoms with Crippen LogP contribution < -0.4 is 5.32 Å². The van der Waals surface area contributed by atoms with Crippen LogP contribution in [0, 0.1) is 0 Å². The highest BCUT2D eigenvalue weighted by Gasteiger charge is 2.14. The van der Waals surface area contributed by atoms with Crippen LogP contribution in [0.2, 0.25) is 0 Å². The molecule has 1 atom stereocenters. The van der Waals surface area contributed by atoms with Gasteiger partial charge in [-0.25, -0.2) is 0 Å². The molecule has 0 heterocycles. The predicted octanol–water partition coefficient (Wildman–Crippen LogP) is 3.00. The second-order valence-electron chi connectivity index (χ2n) is 6.29. The third-order valence-corrected chi connectivity index (χ3v) is 4.27. The van der Waals surface area contributed by atoms with Gasteiger partial charge in [0.2, 0.25) is 11.8 Å². The Hall–Kier alpha value is -2.62. The summed E-state index contributed by atoms with van der Waals surface area (Å²) in [6.07, 6.45) is 0.744. The lowest BCUT2D eigenvalue weighted by Crippen LogP contribution is -2.41. The number of carbonyl (C=O) groups excluding carboxylic acids is 2. The molecule has 0 bridgehead atoms. The second kappa shape index (κ2) is 9.62. The first-order valence-corrected chi connectivity index (χ1v) is 8.67. The fraction of sp³-hybridized carbons (Fsp3) is 0.333. The van der Waals surface area contributed by atoms with Crippen molar-refractivity contribution in [3.05, 3.63) is 71.8 Å². The zero-order chi connectivity index (χ0) is 18.1. The van der Waals surface area contributed by atoms with Gasteiger partial charge in [-0.15, -0.1) is 0 Å². The topological polar surface area (TPSA) is 49.4 Å². The van der Waals surface area contributed by atoms with Crippen molar-refractivity contribution < 1.29 is 9.59 Å². The summed E-state index contributed by atoms with van der Waals surface area (Å²) in [5.41, 5.74) is 2.35. The molecule has 2 rings (SSSR count). The number of nitrogens with zero attached hydrogens (tertiary/aromatic N) is 1. The molecule has 0 fully saturated rings. The summed E-state index contributed by atoms with van der Waals surface area (Å²) in [6.45, 7) is 4.79. The molecule has 0 aliphatic heterocycles. The Morgan fingerprint density at radius 2 is 1.60 bits per heavy atom. The van der Waals surface area contributed by atoms with Gasteiger partial charge in [-0.1, -0.05) is 67.6 Å². The summed E-state index contributed by atoms with van der Waals surface area (Å²) < 4.78 is 0. The number of hydrogen-bond donors (Lipinski definition) is 1. The minimum Gasteiger partial charge on any atom is -0.354 e. The van der Waals surface area contributed by atoms with E-state index in [9.17, 15) is 9.59 Å². The number of carbonyl (C=O) groups is 2. The molecule has 4 nitrogen and oxygen atoms in total. The van der Waals surface area contributed by atoms with Gasteiger partial charge in [0.15, 0.2) is 0 Å². The van der Waals surface area contributed by atoms with Gasteiger partial charge >= 0.3 is 0 Å². The fourth-order valence-electron chi connectivity index (χ4n) is 2.65. The summed E-state index contributed by atoms with van der Waals surface area (Å²) >= 11 is 0. The average Bonchev–Trinajstić information content (AvgIpc) is 2.64. The zero-order valence-corrected chi connectivity index (χ0v) is 14.9. The maximum Gasteiger partial charge on any atom is 0.239 e. The maximum atomic E-state index is 12.2. The molecule has 0 spiro atoms. The van der Waals surface area contributed by atoms with Gasteiger partial charge in [0.25, 0.3) is 0 Å². The van der Waals surface area contributed by atoms with Crippen molar-refractivity contribution in [2.45, 2.75) is 26.2 Å². The van der Waals surface area contributed by atoms with Crippen molar-refractivity contribution in [2.75, 3.05) is 19.6 Å². The summed E-state index contributed by atoms with van der Waals surface area (Å²) in [4.78, 5) is 25.6. The average molecular weight is 338 g/mol. The van der Waals surface area contributed by atoms with E-state index in [-0.39, 0.29) is 24.3 Å². The quantitative estimate of drug-likeness (QED) is 0.804. The van der Waals surface area contributed by atoms with Gasteiger partial charge in [-0.05, 0) is 23.5 Å². The Bertz CT molecular complexity index is 671.